The molecule has 4 heteroatoms. The van der Waals surface area contributed by atoms with Crippen molar-refractivity contribution >= 4 is 17.0 Å². The van der Waals surface area contributed by atoms with Gasteiger partial charge in [-0.25, -0.2) is 4.98 Å². The molecule has 1 aromatic heterocycles. The molecule has 1 unspecified atom stereocenters. The smallest absolute Gasteiger partial charge is 0.118 e. The second kappa shape index (κ2) is 4.98. The van der Waals surface area contributed by atoms with E-state index in [2.05, 4.69) is 17.2 Å². The van der Waals surface area contributed by atoms with Crippen molar-refractivity contribution in [1.29, 1.82) is 0 Å². The summed E-state index contributed by atoms with van der Waals surface area (Å²) in [6.45, 7) is 8.09. The highest BCUT2D eigenvalue weighted by Gasteiger charge is 2.13. The molecule has 0 aliphatic rings. The van der Waals surface area contributed by atoms with Crippen LogP contribution in [0.5, 0.6) is 5.75 Å². The molecular weight excluding hydrogens is 244 g/mol. The van der Waals surface area contributed by atoms with Gasteiger partial charge in [0.15, 0.2) is 0 Å². The van der Waals surface area contributed by atoms with Crippen LogP contribution in [0.25, 0.3) is 0 Å². The van der Waals surface area contributed by atoms with Gasteiger partial charge >= 0.3 is 0 Å². The van der Waals surface area contributed by atoms with Crippen molar-refractivity contribution in [2.75, 3.05) is 5.32 Å². The summed E-state index contributed by atoms with van der Waals surface area (Å²) in [5.74, 6) is 0.331. The number of phenols is 1. The molecule has 2 rings (SSSR count). The van der Waals surface area contributed by atoms with E-state index in [4.69, 9.17) is 0 Å². The molecule has 2 N–H and O–H groups in total. The number of hydrogen-bond donors (Lipinski definition) is 2. The Balaban J connectivity index is 2.18. The number of aromatic hydroxyl groups is 1. The lowest BCUT2D eigenvalue weighted by molar-refractivity contribution is 0.471. The Hall–Kier alpha value is -1.55. The Morgan fingerprint density at radius 3 is 2.56 bits per heavy atom. The minimum absolute atomic E-state index is 0.222. The van der Waals surface area contributed by atoms with E-state index < -0.39 is 0 Å². The zero-order valence-corrected chi connectivity index (χ0v) is 11.9. The van der Waals surface area contributed by atoms with Crippen LogP contribution in [-0.4, -0.2) is 10.1 Å². The first-order chi connectivity index (χ1) is 8.47. The largest absolute Gasteiger partial charge is 0.508 e. The highest BCUT2D eigenvalue weighted by atomic mass is 32.1. The van der Waals surface area contributed by atoms with Gasteiger partial charge in [0.1, 0.15) is 5.75 Å². The maximum Gasteiger partial charge on any atom is 0.118 e. The van der Waals surface area contributed by atoms with Crippen LogP contribution in [0, 0.1) is 20.8 Å². The summed E-state index contributed by atoms with van der Waals surface area (Å²) in [5, 5.41) is 14.0. The predicted molar refractivity (Wildman–Crippen MR) is 76.5 cm³/mol. The highest BCUT2D eigenvalue weighted by Crippen LogP contribution is 2.28. The first-order valence-electron chi connectivity index (χ1n) is 5.97. The predicted octanol–water partition coefficient (Wildman–Crippen LogP) is 3.95. The molecule has 0 amide bonds. The SMILES string of the molecule is Cc1nc(C)c(C(C)Nc2ccc(O)c(C)c2)s1. The van der Waals surface area contributed by atoms with Gasteiger partial charge in [0.25, 0.3) is 0 Å². The summed E-state index contributed by atoms with van der Waals surface area (Å²) in [6, 6.07) is 5.78. The summed E-state index contributed by atoms with van der Waals surface area (Å²) < 4.78 is 0. The lowest BCUT2D eigenvalue weighted by atomic mass is 10.1. The van der Waals surface area contributed by atoms with Crippen molar-refractivity contribution in [3.8, 4) is 5.75 Å². The third kappa shape index (κ3) is 2.64. The van der Waals surface area contributed by atoms with Gasteiger partial charge in [-0.1, -0.05) is 0 Å². The zero-order chi connectivity index (χ0) is 13.3. The minimum atomic E-state index is 0.222. The van der Waals surface area contributed by atoms with Crippen molar-refractivity contribution in [3.05, 3.63) is 39.3 Å². The maximum absolute atomic E-state index is 9.51. The third-order valence-electron chi connectivity index (χ3n) is 2.91. The summed E-state index contributed by atoms with van der Waals surface area (Å²) in [5.41, 5.74) is 2.99. The molecular formula is C14H18N2OS. The molecule has 3 nitrogen and oxygen atoms in total. The molecule has 1 atom stereocenters. The lowest BCUT2D eigenvalue weighted by Gasteiger charge is -2.15. The molecule has 0 saturated carbocycles. The van der Waals surface area contributed by atoms with E-state index in [1.165, 1.54) is 4.88 Å². The molecule has 0 fully saturated rings. The number of aryl methyl sites for hydroxylation is 3. The van der Waals surface area contributed by atoms with Gasteiger partial charge in [-0.2, -0.15) is 0 Å². The van der Waals surface area contributed by atoms with E-state index in [-0.39, 0.29) is 6.04 Å². The van der Waals surface area contributed by atoms with E-state index in [1.54, 1.807) is 17.4 Å². The van der Waals surface area contributed by atoms with E-state index in [1.807, 2.05) is 32.9 Å². The first kappa shape index (κ1) is 12.9. The van der Waals surface area contributed by atoms with Gasteiger partial charge in [0.05, 0.1) is 16.7 Å². The number of aromatic nitrogens is 1. The Bertz CT molecular complexity index is 563. The molecule has 0 aliphatic heterocycles. The van der Waals surface area contributed by atoms with Gasteiger partial charge < -0.3 is 10.4 Å². The monoisotopic (exact) mass is 262 g/mol. The van der Waals surface area contributed by atoms with Crippen molar-refractivity contribution in [3.63, 3.8) is 0 Å². The summed E-state index contributed by atoms with van der Waals surface area (Å²) in [6.07, 6.45) is 0. The van der Waals surface area contributed by atoms with Gasteiger partial charge in [0, 0.05) is 10.6 Å². The number of nitrogens with one attached hydrogen (secondary N) is 1. The second-order valence-electron chi connectivity index (χ2n) is 4.55. The molecule has 0 aliphatic carbocycles. The second-order valence-corrected chi connectivity index (χ2v) is 5.78. The number of rotatable bonds is 3. The molecule has 1 heterocycles. The number of phenolic OH excluding ortho intramolecular Hbond substituents is 1. The first-order valence-corrected chi connectivity index (χ1v) is 6.79. The summed E-state index contributed by atoms with van der Waals surface area (Å²) in [4.78, 5) is 5.71. The third-order valence-corrected chi connectivity index (χ3v) is 4.17. The van der Waals surface area contributed by atoms with Gasteiger partial charge in [-0.15, -0.1) is 11.3 Å². The normalized spacial score (nSPS) is 12.4. The van der Waals surface area contributed by atoms with Gasteiger partial charge in [0.2, 0.25) is 0 Å². The quantitative estimate of drug-likeness (QED) is 0.823. The highest BCUT2D eigenvalue weighted by molar-refractivity contribution is 7.11. The van der Waals surface area contributed by atoms with Crippen LogP contribution in [0.2, 0.25) is 0 Å². The van der Waals surface area contributed by atoms with Crippen LogP contribution >= 0.6 is 11.3 Å². The van der Waals surface area contributed by atoms with E-state index in [0.717, 1.165) is 22.0 Å². The van der Waals surface area contributed by atoms with E-state index in [0.29, 0.717) is 5.75 Å². The van der Waals surface area contributed by atoms with Crippen LogP contribution in [0.1, 0.15) is 34.1 Å². The molecule has 0 spiro atoms. The molecule has 2 aromatic rings. The molecule has 0 saturated heterocycles. The fourth-order valence-electron chi connectivity index (χ4n) is 2.01. The molecule has 0 bridgehead atoms. The molecule has 0 radical (unpaired) electrons. The fraction of sp³-hybridized carbons (Fsp3) is 0.357. The Labute approximate surface area is 112 Å². The maximum atomic E-state index is 9.51. The van der Waals surface area contributed by atoms with Crippen molar-refractivity contribution < 1.29 is 5.11 Å². The Kier molecular flexibility index (Phi) is 3.57. The van der Waals surface area contributed by atoms with E-state index in [9.17, 15) is 5.11 Å². The van der Waals surface area contributed by atoms with Gasteiger partial charge in [-0.05, 0) is 51.5 Å². The summed E-state index contributed by atoms with van der Waals surface area (Å²) in [7, 11) is 0. The average molecular weight is 262 g/mol. The standard InChI is InChI=1S/C14H18N2OS/c1-8-7-12(5-6-13(8)17)16-10(3)14-9(2)15-11(4)18-14/h5-7,10,16-17H,1-4H3. The van der Waals surface area contributed by atoms with Crippen molar-refractivity contribution in [2.45, 2.75) is 33.7 Å². The number of anilines is 1. The zero-order valence-electron chi connectivity index (χ0n) is 11.1. The van der Waals surface area contributed by atoms with Crippen molar-refractivity contribution in [1.82, 2.24) is 4.98 Å². The molecule has 1 aromatic carbocycles. The van der Waals surface area contributed by atoms with Crippen LogP contribution in [-0.2, 0) is 0 Å². The average Bonchev–Trinajstić information content (AvgIpc) is 2.63. The van der Waals surface area contributed by atoms with Crippen LogP contribution in [0.3, 0.4) is 0 Å². The summed E-state index contributed by atoms with van der Waals surface area (Å²) >= 11 is 1.73. The Morgan fingerprint density at radius 1 is 1.28 bits per heavy atom. The lowest BCUT2D eigenvalue weighted by Crippen LogP contribution is -2.06. The number of nitrogens with zero attached hydrogens (tertiary/aromatic N) is 1. The number of benzene rings is 1. The molecule has 18 heavy (non-hydrogen) atoms. The number of thiazole rings is 1. The van der Waals surface area contributed by atoms with Crippen LogP contribution < -0.4 is 5.32 Å². The van der Waals surface area contributed by atoms with Gasteiger partial charge in [-0.3, -0.25) is 0 Å². The Morgan fingerprint density at radius 2 is 2.00 bits per heavy atom. The fourth-order valence-corrected chi connectivity index (χ4v) is 2.94. The van der Waals surface area contributed by atoms with Crippen molar-refractivity contribution in [2.24, 2.45) is 0 Å². The number of hydrogen-bond acceptors (Lipinski definition) is 4. The minimum Gasteiger partial charge on any atom is -0.508 e. The van der Waals surface area contributed by atoms with Crippen LogP contribution in [0.4, 0.5) is 5.69 Å². The molecule has 96 valence electrons. The van der Waals surface area contributed by atoms with E-state index >= 15 is 0 Å². The topological polar surface area (TPSA) is 45.2 Å². The van der Waals surface area contributed by atoms with Crippen LogP contribution in [0.15, 0.2) is 18.2 Å².